The molecule has 1 aromatic heterocycles. The van der Waals surface area contributed by atoms with Gasteiger partial charge in [0.05, 0.1) is 12.6 Å². The summed E-state index contributed by atoms with van der Waals surface area (Å²) in [6, 6.07) is 1.00. The largest absolute Gasteiger partial charge is 0.326 e. The first-order valence-corrected chi connectivity index (χ1v) is 9.65. The topological polar surface area (TPSA) is 52.5 Å². The van der Waals surface area contributed by atoms with Gasteiger partial charge < -0.3 is 9.80 Å². The summed E-state index contributed by atoms with van der Waals surface area (Å²) in [6.07, 6.45) is 6.32. The zero-order valence-electron chi connectivity index (χ0n) is 15.1. The van der Waals surface area contributed by atoms with Gasteiger partial charge >= 0.3 is 0 Å². The van der Waals surface area contributed by atoms with E-state index in [0.717, 1.165) is 5.82 Å². The van der Waals surface area contributed by atoms with Crippen LogP contribution < -0.4 is 9.80 Å². The molecular formula is C17H34N6+2. The molecule has 2 N–H and O–H groups in total. The van der Waals surface area contributed by atoms with Gasteiger partial charge in [0.2, 0.25) is 5.82 Å². The Labute approximate surface area is 140 Å². The maximum Gasteiger partial charge on any atom is 0.209 e. The maximum absolute atomic E-state index is 4.50. The smallest absolute Gasteiger partial charge is 0.209 e. The lowest BCUT2D eigenvalue weighted by Gasteiger charge is -2.34. The van der Waals surface area contributed by atoms with Crippen molar-refractivity contribution >= 4 is 0 Å². The van der Waals surface area contributed by atoms with E-state index in [2.05, 4.69) is 41.0 Å². The van der Waals surface area contributed by atoms with Crippen molar-refractivity contribution in [1.29, 1.82) is 0 Å². The molecule has 3 rings (SSSR count). The SMILES string of the molecule is CC[NH+]1CC[NH+]([C@H](CC(C)C)c2nnnn2C2CCCC2)CC1. The summed E-state index contributed by atoms with van der Waals surface area (Å²) < 4.78 is 2.19. The van der Waals surface area contributed by atoms with E-state index in [1.54, 1.807) is 9.80 Å². The van der Waals surface area contributed by atoms with Gasteiger partial charge in [0.1, 0.15) is 26.2 Å². The minimum Gasteiger partial charge on any atom is -0.326 e. The van der Waals surface area contributed by atoms with Crippen molar-refractivity contribution in [1.82, 2.24) is 20.2 Å². The molecule has 1 saturated heterocycles. The molecule has 0 amide bonds. The molecule has 130 valence electrons. The van der Waals surface area contributed by atoms with Crippen LogP contribution in [0.1, 0.15) is 70.8 Å². The number of piperazine rings is 1. The number of rotatable bonds is 6. The van der Waals surface area contributed by atoms with E-state index in [9.17, 15) is 0 Å². The van der Waals surface area contributed by atoms with Crippen LogP contribution in [0.5, 0.6) is 0 Å². The fraction of sp³-hybridized carbons (Fsp3) is 0.941. The van der Waals surface area contributed by atoms with E-state index < -0.39 is 0 Å². The van der Waals surface area contributed by atoms with Crippen LogP contribution >= 0.6 is 0 Å². The second-order valence-corrected chi connectivity index (χ2v) is 7.86. The molecule has 1 atom stereocenters. The number of aromatic nitrogens is 4. The Morgan fingerprint density at radius 1 is 1.13 bits per heavy atom. The van der Waals surface area contributed by atoms with Crippen LogP contribution in [-0.4, -0.2) is 52.9 Å². The minimum absolute atomic E-state index is 0.462. The molecule has 0 unspecified atom stereocenters. The predicted molar refractivity (Wildman–Crippen MR) is 89.5 cm³/mol. The van der Waals surface area contributed by atoms with Crippen molar-refractivity contribution in [3.8, 4) is 0 Å². The molecule has 1 aliphatic heterocycles. The second kappa shape index (κ2) is 7.71. The molecule has 6 nitrogen and oxygen atoms in total. The van der Waals surface area contributed by atoms with Crippen molar-refractivity contribution in [2.75, 3.05) is 32.7 Å². The summed E-state index contributed by atoms with van der Waals surface area (Å²) in [6.45, 7) is 13.3. The fourth-order valence-corrected chi connectivity index (χ4v) is 4.39. The monoisotopic (exact) mass is 322 g/mol. The molecule has 0 aromatic carbocycles. The van der Waals surface area contributed by atoms with Gasteiger partial charge in [0.15, 0.2) is 6.04 Å². The van der Waals surface area contributed by atoms with Crippen molar-refractivity contribution in [3.05, 3.63) is 5.82 Å². The Balaban J connectivity index is 1.78. The number of hydrogen-bond donors (Lipinski definition) is 2. The molecule has 0 spiro atoms. The van der Waals surface area contributed by atoms with Crippen LogP contribution in [0.15, 0.2) is 0 Å². The van der Waals surface area contributed by atoms with E-state index in [0.29, 0.717) is 18.0 Å². The number of quaternary nitrogens is 2. The van der Waals surface area contributed by atoms with Crippen LogP contribution in [0.2, 0.25) is 0 Å². The zero-order chi connectivity index (χ0) is 16.2. The first-order valence-electron chi connectivity index (χ1n) is 9.65. The molecular weight excluding hydrogens is 288 g/mol. The third-order valence-corrected chi connectivity index (χ3v) is 5.80. The summed E-state index contributed by atoms with van der Waals surface area (Å²) >= 11 is 0. The van der Waals surface area contributed by atoms with Gasteiger partial charge in [0.25, 0.3) is 0 Å². The van der Waals surface area contributed by atoms with Crippen molar-refractivity contribution in [2.45, 2.75) is 65.0 Å². The summed E-state index contributed by atoms with van der Waals surface area (Å²) in [5.41, 5.74) is 0. The third-order valence-electron chi connectivity index (χ3n) is 5.80. The Morgan fingerprint density at radius 2 is 1.83 bits per heavy atom. The number of tetrazole rings is 1. The van der Waals surface area contributed by atoms with E-state index in [-0.39, 0.29) is 0 Å². The van der Waals surface area contributed by atoms with Crippen molar-refractivity contribution in [3.63, 3.8) is 0 Å². The van der Waals surface area contributed by atoms with E-state index >= 15 is 0 Å². The van der Waals surface area contributed by atoms with Gasteiger partial charge in [-0.15, -0.1) is 5.10 Å². The molecule has 2 aliphatic rings. The number of likely N-dealkylation sites (N-methyl/N-ethyl adjacent to an activating group) is 1. The van der Waals surface area contributed by atoms with Gasteiger partial charge in [-0.25, -0.2) is 4.68 Å². The van der Waals surface area contributed by atoms with Crippen LogP contribution in [0, 0.1) is 5.92 Å². The average Bonchev–Trinajstić information content (AvgIpc) is 3.23. The standard InChI is InChI=1S/C17H32N6/c1-4-21-9-11-22(12-10-21)16(13-14(2)3)17-18-19-20-23(17)15-7-5-6-8-15/h14-16H,4-13H2,1-3H3/p+2/t16-/m1/s1. The highest BCUT2D eigenvalue weighted by Crippen LogP contribution is 2.30. The minimum atomic E-state index is 0.462. The van der Waals surface area contributed by atoms with Crippen LogP contribution in [0.3, 0.4) is 0 Å². The Kier molecular flexibility index (Phi) is 5.64. The molecule has 0 radical (unpaired) electrons. The van der Waals surface area contributed by atoms with Crippen molar-refractivity contribution < 1.29 is 9.80 Å². The summed E-state index contributed by atoms with van der Waals surface area (Å²) in [7, 11) is 0. The highest BCUT2D eigenvalue weighted by molar-refractivity contribution is 4.92. The van der Waals surface area contributed by atoms with Gasteiger partial charge in [-0.05, 0) is 36.1 Å². The van der Waals surface area contributed by atoms with Crippen molar-refractivity contribution in [2.24, 2.45) is 5.92 Å². The van der Waals surface area contributed by atoms with Gasteiger partial charge in [-0.2, -0.15) is 0 Å². The van der Waals surface area contributed by atoms with Crippen LogP contribution in [0.4, 0.5) is 0 Å². The second-order valence-electron chi connectivity index (χ2n) is 7.86. The van der Waals surface area contributed by atoms with E-state index in [4.69, 9.17) is 0 Å². The first-order chi connectivity index (χ1) is 11.2. The highest BCUT2D eigenvalue weighted by atomic mass is 15.6. The lowest BCUT2D eigenvalue weighted by molar-refractivity contribution is -1.03. The Hall–Kier alpha value is -1.01. The van der Waals surface area contributed by atoms with E-state index in [1.165, 1.54) is 64.8 Å². The van der Waals surface area contributed by atoms with Crippen LogP contribution in [-0.2, 0) is 0 Å². The number of nitrogens with zero attached hydrogens (tertiary/aromatic N) is 4. The molecule has 1 saturated carbocycles. The normalized spacial score (nSPS) is 27.7. The van der Waals surface area contributed by atoms with Gasteiger partial charge in [-0.3, -0.25) is 0 Å². The van der Waals surface area contributed by atoms with Crippen LogP contribution in [0.25, 0.3) is 0 Å². The number of hydrogen-bond acceptors (Lipinski definition) is 3. The summed E-state index contributed by atoms with van der Waals surface area (Å²) in [5.74, 6) is 1.83. The number of nitrogens with one attached hydrogen (secondary N) is 2. The third kappa shape index (κ3) is 3.91. The average molecular weight is 323 g/mol. The zero-order valence-corrected chi connectivity index (χ0v) is 15.1. The quantitative estimate of drug-likeness (QED) is 0.755. The summed E-state index contributed by atoms with van der Waals surface area (Å²) in [4.78, 5) is 3.44. The fourth-order valence-electron chi connectivity index (χ4n) is 4.39. The lowest BCUT2D eigenvalue weighted by Crippen LogP contribution is -3.28. The molecule has 2 fully saturated rings. The molecule has 6 heteroatoms. The first kappa shape index (κ1) is 16.8. The Bertz CT molecular complexity index is 471. The Morgan fingerprint density at radius 3 is 2.43 bits per heavy atom. The molecule has 23 heavy (non-hydrogen) atoms. The molecule has 0 bridgehead atoms. The van der Waals surface area contributed by atoms with Gasteiger partial charge in [0, 0.05) is 6.42 Å². The molecule has 2 heterocycles. The predicted octanol–water partition coefficient (Wildman–Crippen LogP) is -0.321. The molecule has 1 aromatic rings. The highest BCUT2D eigenvalue weighted by Gasteiger charge is 2.35. The van der Waals surface area contributed by atoms with E-state index in [1.807, 2.05) is 0 Å². The molecule has 1 aliphatic carbocycles. The summed E-state index contributed by atoms with van der Waals surface area (Å²) in [5, 5.41) is 13.0. The lowest BCUT2D eigenvalue weighted by atomic mass is 10.0. The maximum atomic E-state index is 4.50. The van der Waals surface area contributed by atoms with Gasteiger partial charge in [-0.1, -0.05) is 26.7 Å².